The predicted molar refractivity (Wildman–Crippen MR) is 113 cm³/mol. The van der Waals surface area contributed by atoms with Gasteiger partial charge in [-0.1, -0.05) is 0 Å². The van der Waals surface area contributed by atoms with Gasteiger partial charge < -0.3 is 15.0 Å². The largest absolute Gasteiger partial charge is 0.496 e. The molecule has 2 aromatic carbocycles. The van der Waals surface area contributed by atoms with Crippen molar-refractivity contribution >= 4 is 21.6 Å². The van der Waals surface area contributed by atoms with E-state index in [-0.39, 0.29) is 16.8 Å². The van der Waals surface area contributed by atoms with Crippen LogP contribution >= 0.6 is 0 Å². The molecule has 0 spiro atoms. The zero-order chi connectivity index (χ0) is 21.2. The summed E-state index contributed by atoms with van der Waals surface area (Å²) in [6, 6.07) is 11.7. The Balaban J connectivity index is 1.71. The first-order valence-electron chi connectivity index (χ1n) is 9.49. The number of ether oxygens (including phenoxy) is 1. The van der Waals surface area contributed by atoms with Gasteiger partial charge in [0.2, 0.25) is 10.0 Å². The molecule has 0 aliphatic carbocycles. The Morgan fingerprint density at radius 2 is 1.83 bits per heavy atom. The molecular formula is C21H27N3O4S. The lowest BCUT2D eigenvalue weighted by atomic mass is 10.1. The Morgan fingerprint density at radius 1 is 1.14 bits per heavy atom. The predicted octanol–water partition coefficient (Wildman–Crippen LogP) is 2.58. The molecule has 3 rings (SSSR count). The number of rotatable bonds is 5. The van der Waals surface area contributed by atoms with Crippen molar-refractivity contribution in [3.05, 3.63) is 53.6 Å². The van der Waals surface area contributed by atoms with Crippen LogP contribution in [0.2, 0.25) is 0 Å². The van der Waals surface area contributed by atoms with Crippen LogP contribution in [0.25, 0.3) is 0 Å². The molecule has 1 fully saturated rings. The number of nitrogens with one attached hydrogen (secondary N) is 1. The van der Waals surface area contributed by atoms with E-state index in [1.807, 2.05) is 20.9 Å². The number of carbonyl (C=O) groups excluding carboxylic acids is 1. The first-order chi connectivity index (χ1) is 13.7. The highest BCUT2D eigenvalue weighted by molar-refractivity contribution is 7.89. The number of hydrogen-bond acceptors (Lipinski definition) is 5. The highest BCUT2D eigenvalue weighted by Crippen LogP contribution is 2.22. The van der Waals surface area contributed by atoms with Gasteiger partial charge >= 0.3 is 0 Å². The summed E-state index contributed by atoms with van der Waals surface area (Å²) in [6.07, 6.45) is 0. The van der Waals surface area contributed by atoms with Gasteiger partial charge in [-0.3, -0.25) is 4.79 Å². The van der Waals surface area contributed by atoms with Gasteiger partial charge in [0.05, 0.1) is 12.0 Å². The van der Waals surface area contributed by atoms with Gasteiger partial charge in [-0.05, 0) is 68.9 Å². The van der Waals surface area contributed by atoms with Gasteiger partial charge in [0.15, 0.2) is 0 Å². The topological polar surface area (TPSA) is 78.9 Å². The quantitative estimate of drug-likeness (QED) is 0.809. The average Bonchev–Trinajstić information content (AvgIpc) is 2.70. The van der Waals surface area contributed by atoms with Gasteiger partial charge in [-0.25, -0.2) is 8.42 Å². The zero-order valence-corrected chi connectivity index (χ0v) is 18.0. The number of hydrogen-bond donors (Lipinski definition) is 1. The number of benzene rings is 2. The summed E-state index contributed by atoms with van der Waals surface area (Å²) in [6.45, 7) is 5.53. The molecule has 0 radical (unpaired) electrons. The Bertz CT molecular complexity index is 989. The molecule has 7 nitrogen and oxygen atoms in total. The maximum absolute atomic E-state index is 12.9. The van der Waals surface area contributed by atoms with Crippen molar-refractivity contribution in [2.45, 2.75) is 24.8 Å². The van der Waals surface area contributed by atoms with E-state index in [1.54, 1.807) is 37.4 Å². The van der Waals surface area contributed by atoms with E-state index in [9.17, 15) is 13.2 Å². The van der Waals surface area contributed by atoms with Gasteiger partial charge in [0, 0.05) is 36.9 Å². The highest BCUT2D eigenvalue weighted by Gasteiger charge is 2.30. The molecule has 1 saturated heterocycles. The molecule has 0 saturated carbocycles. The number of carbonyl (C=O) groups is 1. The molecule has 2 aromatic rings. The fraction of sp³-hybridized carbons (Fsp3) is 0.381. The molecule has 1 atom stereocenters. The Morgan fingerprint density at radius 3 is 2.41 bits per heavy atom. The van der Waals surface area contributed by atoms with Crippen LogP contribution in [-0.4, -0.2) is 63.4 Å². The Kier molecular flexibility index (Phi) is 6.26. The zero-order valence-electron chi connectivity index (χ0n) is 17.2. The number of aryl methyl sites for hydroxylation is 1. The van der Waals surface area contributed by atoms with Crippen LogP contribution in [0.5, 0.6) is 5.75 Å². The molecular weight excluding hydrogens is 390 g/mol. The second-order valence-corrected chi connectivity index (χ2v) is 9.29. The molecule has 1 aliphatic rings. The van der Waals surface area contributed by atoms with E-state index in [1.165, 1.54) is 16.4 Å². The summed E-state index contributed by atoms with van der Waals surface area (Å²) < 4.78 is 32.5. The summed E-state index contributed by atoms with van der Waals surface area (Å²) in [5, 5.41) is 2.80. The summed E-state index contributed by atoms with van der Waals surface area (Å²) in [7, 11) is 0.0312. The van der Waals surface area contributed by atoms with Gasteiger partial charge in [-0.2, -0.15) is 4.31 Å². The number of anilines is 1. The normalized spacial score (nSPS) is 18.4. The van der Waals surface area contributed by atoms with Crippen molar-refractivity contribution in [3.63, 3.8) is 0 Å². The lowest BCUT2D eigenvalue weighted by molar-refractivity contribution is 0.102. The number of sulfonamides is 1. The van der Waals surface area contributed by atoms with E-state index < -0.39 is 10.0 Å². The van der Waals surface area contributed by atoms with E-state index in [0.29, 0.717) is 36.6 Å². The molecule has 1 heterocycles. The average molecular weight is 418 g/mol. The lowest BCUT2D eigenvalue weighted by Gasteiger charge is -2.36. The first kappa shape index (κ1) is 21.3. The van der Waals surface area contributed by atoms with Gasteiger partial charge in [0.1, 0.15) is 5.75 Å². The second-order valence-electron chi connectivity index (χ2n) is 7.36. The number of piperazine rings is 1. The van der Waals surface area contributed by atoms with Crippen molar-refractivity contribution in [2.24, 2.45) is 0 Å². The number of methoxy groups -OCH3 is 1. The van der Waals surface area contributed by atoms with Crippen molar-refractivity contribution in [2.75, 3.05) is 39.1 Å². The standard InChI is InChI=1S/C21H27N3O4S/c1-15-13-17(5-10-20(15)28-4)21(25)22-18-6-8-19(9-7-18)29(26,27)24-12-11-23(3)16(2)14-24/h5-10,13,16H,11-12,14H2,1-4H3,(H,22,25). The van der Waals surface area contributed by atoms with Gasteiger partial charge in [-0.15, -0.1) is 0 Å². The Labute approximate surface area is 172 Å². The summed E-state index contributed by atoms with van der Waals surface area (Å²) in [4.78, 5) is 14.9. The van der Waals surface area contributed by atoms with Crippen LogP contribution < -0.4 is 10.1 Å². The van der Waals surface area contributed by atoms with E-state index >= 15 is 0 Å². The minimum atomic E-state index is -3.55. The maximum Gasteiger partial charge on any atom is 0.255 e. The number of nitrogens with zero attached hydrogens (tertiary/aromatic N) is 2. The smallest absolute Gasteiger partial charge is 0.255 e. The summed E-state index contributed by atoms with van der Waals surface area (Å²) >= 11 is 0. The van der Waals surface area contributed by atoms with Crippen LogP contribution in [0.4, 0.5) is 5.69 Å². The monoisotopic (exact) mass is 417 g/mol. The minimum absolute atomic E-state index is 0.171. The van der Waals surface area contributed by atoms with E-state index in [0.717, 1.165) is 5.56 Å². The van der Waals surface area contributed by atoms with Crippen LogP contribution in [0.3, 0.4) is 0 Å². The molecule has 1 N–H and O–H groups in total. The Hall–Kier alpha value is -2.42. The third-order valence-electron chi connectivity index (χ3n) is 5.33. The third-order valence-corrected chi connectivity index (χ3v) is 7.21. The molecule has 29 heavy (non-hydrogen) atoms. The van der Waals surface area contributed by atoms with E-state index in [2.05, 4.69) is 10.2 Å². The molecule has 1 amide bonds. The van der Waals surface area contributed by atoms with Crippen molar-refractivity contribution in [1.82, 2.24) is 9.21 Å². The molecule has 8 heteroatoms. The second kappa shape index (κ2) is 8.52. The van der Waals surface area contributed by atoms with Gasteiger partial charge in [0.25, 0.3) is 5.91 Å². The molecule has 156 valence electrons. The fourth-order valence-electron chi connectivity index (χ4n) is 3.32. The van der Waals surface area contributed by atoms with Crippen molar-refractivity contribution in [1.29, 1.82) is 0 Å². The third kappa shape index (κ3) is 4.60. The summed E-state index contributed by atoms with van der Waals surface area (Å²) in [5.74, 6) is 0.452. The molecule has 0 aromatic heterocycles. The number of amides is 1. The molecule has 1 unspecified atom stereocenters. The summed E-state index contributed by atoms with van der Waals surface area (Å²) in [5.41, 5.74) is 1.91. The van der Waals surface area contributed by atoms with Crippen LogP contribution in [-0.2, 0) is 10.0 Å². The minimum Gasteiger partial charge on any atom is -0.496 e. The first-order valence-corrected chi connectivity index (χ1v) is 10.9. The van der Waals surface area contributed by atoms with Crippen molar-refractivity contribution in [3.8, 4) is 5.75 Å². The van der Waals surface area contributed by atoms with Crippen LogP contribution in [0.15, 0.2) is 47.4 Å². The maximum atomic E-state index is 12.9. The SMILES string of the molecule is COc1ccc(C(=O)Nc2ccc(S(=O)(=O)N3CCN(C)C(C)C3)cc2)cc1C. The highest BCUT2D eigenvalue weighted by atomic mass is 32.2. The number of likely N-dealkylation sites (N-methyl/N-ethyl adjacent to an activating group) is 1. The lowest BCUT2D eigenvalue weighted by Crippen LogP contribution is -2.51. The fourth-order valence-corrected chi connectivity index (χ4v) is 4.83. The van der Waals surface area contributed by atoms with Crippen molar-refractivity contribution < 1.29 is 17.9 Å². The molecule has 0 bridgehead atoms. The van der Waals surface area contributed by atoms with Crippen LogP contribution in [0, 0.1) is 6.92 Å². The van der Waals surface area contributed by atoms with E-state index in [4.69, 9.17) is 4.74 Å². The van der Waals surface area contributed by atoms with Crippen LogP contribution in [0.1, 0.15) is 22.8 Å². The molecule has 1 aliphatic heterocycles.